The maximum absolute atomic E-state index is 13.1. The van der Waals surface area contributed by atoms with E-state index < -0.39 is 18.2 Å². The molecule has 1 aromatic carbocycles. The molecule has 0 aliphatic rings. The lowest BCUT2D eigenvalue weighted by Gasteiger charge is -2.06. The van der Waals surface area contributed by atoms with Crippen LogP contribution in [0.5, 0.6) is 5.75 Å². The van der Waals surface area contributed by atoms with E-state index in [1.165, 1.54) is 19.2 Å². The van der Waals surface area contributed by atoms with Crippen LogP contribution in [0.15, 0.2) is 18.2 Å². The molecule has 0 fully saturated rings. The molecular formula is C9H9FO3. The Morgan fingerprint density at radius 1 is 1.62 bits per heavy atom. The highest BCUT2D eigenvalue weighted by atomic mass is 19.1. The number of aliphatic hydroxyl groups excluding tert-OH is 1. The molecule has 13 heavy (non-hydrogen) atoms. The minimum atomic E-state index is -0.725. The van der Waals surface area contributed by atoms with Crippen molar-refractivity contribution in [2.75, 3.05) is 13.7 Å². The van der Waals surface area contributed by atoms with E-state index in [9.17, 15) is 9.18 Å². The Balaban J connectivity index is 3.22. The molecule has 0 aromatic heterocycles. The molecule has 0 aliphatic carbocycles. The van der Waals surface area contributed by atoms with E-state index in [1.807, 2.05) is 0 Å². The van der Waals surface area contributed by atoms with Gasteiger partial charge >= 0.3 is 0 Å². The molecule has 1 aromatic rings. The van der Waals surface area contributed by atoms with Gasteiger partial charge < -0.3 is 9.84 Å². The summed E-state index contributed by atoms with van der Waals surface area (Å²) in [5.41, 5.74) is -0.201. The highest BCUT2D eigenvalue weighted by Gasteiger charge is 2.15. The van der Waals surface area contributed by atoms with Gasteiger partial charge in [-0.15, -0.1) is 0 Å². The van der Waals surface area contributed by atoms with Crippen LogP contribution in [-0.4, -0.2) is 24.6 Å². The first-order valence-corrected chi connectivity index (χ1v) is 3.67. The number of hydrogen-bond donors (Lipinski definition) is 1. The Kier molecular flexibility index (Phi) is 2.97. The predicted molar refractivity (Wildman–Crippen MR) is 44.4 cm³/mol. The number of ketones is 1. The zero-order valence-electron chi connectivity index (χ0n) is 7.08. The van der Waals surface area contributed by atoms with Crippen molar-refractivity contribution < 1.29 is 19.0 Å². The molecule has 0 aliphatic heterocycles. The average Bonchev–Trinajstić information content (AvgIpc) is 2.16. The molecule has 4 heteroatoms. The van der Waals surface area contributed by atoms with Gasteiger partial charge in [0.05, 0.1) is 12.7 Å². The second-order valence-electron chi connectivity index (χ2n) is 2.40. The fourth-order valence-electron chi connectivity index (χ4n) is 1.02. The fraction of sp³-hybridized carbons (Fsp3) is 0.222. The summed E-state index contributed by atoms with van der Waals surface area (Å²) in [5.74, 6) is -1.23. The van der Waals surface area contributed by atoms with Crippen LogP contribution >= 0.6 is 0 Å². The van der Waals surface area contributed by atoms with Crippen molar-refractivity contribution in [1.29, 1.82) is 0 Å². The van der Waals surface area contributed by atoms with E-state index in [0.717, 1.165) is 6.07 Å². The molecule has 0 heterocycles. The van der Waals surface area contributed by atoms with E-state index >= 15 is 0 Å². The lowest BCUT2D eigenvalue weighted by Crippen LogP contribution is -2.09. The summed E-state index contributed by atoms with van der Waals surface area (Å²) in [6.07, 6.45) is 0. The maximum Gasteiger partial charge on any atom is 0.194 e. The van der Waals surface area contributed by atoms with Crippen LogP contribution in [-0.2, 0) is 0 Å². The molecule has 0 spiro atoms. The number of Topliss-reactive ketones (excluding diaryl/α,β-unsaturated/α-hetero) is 1. The lowest BCUT2D eigenvalue weighted by atomic mass is 10.1. The zero-order valence-corrected chi connectivity index (χ0v) is 7.08. The van der Waals surface area contributed by atoms with Gasteiger partial charge in [0.2, 0.25) is 0 Å². The van der Waals surface area contributed by atoms with Crippen LogP contribution in [0.3, 0.4) is 0 Å². The minimum absolute atomic E-state index is 0.138. The largest absolute Gasteiger partial charge is 0.496 e. The van der Waals surface area contributed by atoms with Crippen LogP contribution in [0.1, 0.15) is 10.4 Å². The van der Waals surface area contributed by atoms with Gasteiger partial charge in [-0.1, -0.05) is 6.07 Å². The van der Waals surface area contributed by atoms with E-state index in [0.29, 0.717) is 0 Å². The van der Waals surface area contributed by atoms with Crippen molar-refractivity contribution in [3.63, 3.8) is 0 Å². The third-order valence-electron chi connectivity index (χ3n) is 1.62. The number of carbonyl (C=O) groups is 1. The summed E-state index contributed by atoms with van der Waals surface area (Å²) < 4.78 is 17.8. The normalized spacial score (nSPS) is 9.77. The van der Waals surface area contributed by atoms with Crippen molar-refractivity contribution in [3.05, 3.63) is 29.6 Å². The summed E-state index contributed by atoms with van der Waals surface area (Å²) in [6.45, 7) is -0.725. The van der Waals surface area contributed by atoms with Crippen molar-refractivity contribution in [2.24, 2.45) is 0 Å². The van der Waals surface area contributed by atoms with Gasteiger partial charge in [-0.05, 0) is 12.1 Å². The molecule has 0 saturated heterocycles. The van der Waals surface area contributed by atoms with Gasteiger partial charge in [0, 0.05) is 0 Å². The smallest absolute Gasteiger partial charge is 0.194 e. The monoisotopic (exact) mass is 184 g/mol. The second kappa shape index (κ2) is 4.00. The SMILES string of the molecule is COc1cccc(F)c1C(=O)CO. The summed E-state index contributed by atoms with van der Waals surface area (Å²) in [4.78, 5) is 11.0. The highest BCUT2D eigenvalue weighted by molar-refractivity contribution is 5.99. The third-order valence-corrected chi connectivity index (χ3v) is 1.62. The average molecular weight is 184 g/mol. The second-order valence-corrected chi connectivity index (χ2v) is 2.40. The first kappa shape index (κ1) is 9.67. The van der Waals surface area contributed by atoms with Gasteiger partial charge in [0.15, 0.2) is 5.78 Å². The number of methoxy groups -OCH3 is 1. The molecule has 0 atom stereocenters. The molecule has 3 nitrogen and oxygen atoms in total. The summed E-state index contributed by atoms with van der Waals surface area (Å²) >= 11 is 0. The van der Waals surface area contributed by atoms with Gasteiger partial charge in [0.25, 0.3) is 0 Å². The van der Waals surface area contributed by atoms with Crippen LogP contribution < -0.4 is 4.74 Å². The van der Waals surface area contributed by atoms with E-state index in [2.05, 4.69) is 0 Å². The molecule has 0 radical (unpaired) electrons. The highest BCUT2D eigenvalue weighted by Crippen LogP contribution is 2.21. The summed E-state index contributed by atoms with van der Waals surface area (Å²) in [7, 11) is 1.34. The Morgan fingerprint density at radius 2 is 2.31 bits per heavy atom. The number of ether oxygens (including phenoxy) is 1. The molecule has 0 bridgehead atoms. The summed E-state index contributed by atoms with van der Waals surface area (Å²) in [6, 6.07) is 4.04. The molecule has 0 saturated carbocycles. The fourth-order valence-corrected chi connectivity index (χ4v) is 1.02. The summed E-state index contributed by atoms with van der Waals surface area (Å²) in [5, 5.41) is 8.56. The molecule has 0 amide bonds. The Bertz CT molecular complexity index is 323. The zero-order chi connectivity index (χ0) is 9.84. The Hall–Kier alpha value is -1.42. The number of carbonyl (C=O) groups excluding carboxylic acids is 1. The number of aliphatic hydroxyl groups is 1. The molecule has 70 valence electrons. The van der Waals surface area contributed by atoms with Crippen molar-refractivity contribution >= 4 is 5.78 Å². The van der Waals surface area contributed by atoms with E-state index in [-0.39, 0.29) is 11.3 Å². The first-order valence-electron chi connectivity index (χ1n) is 3.67. The Labute approximate surface area is 74.8 Å². The van der Waals surface area contributed by atoms with E-state index in [1.54, 1.807) is 0 Å². The van der Waals surface area contributed by atoms with Crippen LogP contribution in [0, 0.1) is 5.82 Å². The van der Waals surface area contributed by atoms with Crippen LogP contribution in [0.25, 0.3) is 0 Å². The first-order chi connectivity index (χ1) is 6.20. The van der Waals surface area contributed by atoms with Gasteiger partial charge in [-0.2, -0.15) is 0 Å². The van der Waals surface area contributed by atoms with Gasteiger partial charge in [-0.25, -0.2) is 4.39 Å². The van der Waals surface area contributed by atoms with Crippen LogP contribution in [0.2, 0.25) is 0 Å². The van der Waals surface area contributed by atoms with Gasteiger partial charge in [-0.3, -0.25) is 4.79 Å². The topological polar surface area (TPSA) is 46.5 Å². The minimum Gasteiger partial charge on any atom is -0.496 e. The maximum atomic E-state index is 13.1. The number of halogens is 1. The Morgan fingerprint density at radius 3 is 2.85 bits per heavy atom. The molecule has 1 N–H and O–H groups in total. The predicted octanol–water partition coefficient (Wildman–Crippen LogP) is 1.01. The number of rotatable bonds is 3. The van der Waals surface area contributed by atoms with E-state index in [4.69, 9.17) is 9.84 Å². The molecule has 1 rings (SSSR count). The van der Waals surface area contributed by atoms with Crippen molar-refractivity contribution in [3.8, 4) is 5.75 Å². The standard InChI is InChI=1S/C9H9FO3/c1-13-8-4-2-3-6(10)9(8)7(12)5-11/h2-4,11H,5H2,1H3. The lowest BCUT2D eigenvalue weighted by molar-refractivity contribution is 0.0896. The third kappa shape index (κ3) is 1.84. The van der Waals surface area contributed by atoms with Gasteiger partial charge in [0.1, 0.15) is 18.2 Å². The number of benzene rings is 1. The van der Waals surface area contributed by atoms with Crippen molar-refractivity contribution in [1.82, 2.24) is 0 Å². The van der Waals surface area contributed by atoms with Crippen molar-refractivity contribution in [2.45, 2.75) is 0 Å². The molecule has 0 unspecified atom stereocenters. The quantitative estimate of drug-likeness (QED) is 0.713. The molecular weight excluding hydrogens is 175 g/mol. The van der Waals surface area contributed by atoms with Crippen LogP contribution in [0.4, 0.5) is 4.39 Å². The number of hydrogen-bond acceptors (Lipinski definition) is 3.